The predicted molar refractivity (Wildman–Crippen MR) is 83.8 cm³/mol. The Kier molecular flexibility index (Phi) is 4.18. The van der Waals surface area contributed by atoms with Crippen molar-refractivity contribution in [2.45, 2.75) is 11.0 Å². The summed E-state index contributed by atoms with van der Waals surface area (Å²) in [6.07, 6.45) is 1.12. The quantitative estimate of drug-likeness (QED) is 0.733. The molecule has 0 saturated heterocycles. The summed E-state index contributed by atoms with van der Waals surface area (Å²) >= 11 is 1.50. The van der Waals surface area contributed by atoms with Gasteiger partial charge in [0.2, 0.25) is 0 Å². The average Bonchev–Trinajstić information content (AvgIpc) is 2.53. The molecule has 1 aromatic heterocycles. The smallest absolute Gasteiger partial charge is 0.123 e. The van der Waals surface area contributed by atoms with Gasteiger partial charge in [0.15, 0.2) is 0 Å². The Morgan fingerprint density at radius 3 is 2.62 bits per heavy atom. The highest BCUT2D eigenvalue weighted by Crippen LogP contribution is 2.28. The van der Waals surface area contributed by atoms with E-state index in [4.69, 9.17) is 0 Å². The number of rotatable bonds is 4. The van der Waals surface area contributed by atoms with Crippen LogP contribution in [0.25, 0.3) is 10.9 Å². The molecule has 21 heavy (non-hydrogen) atoms. The fourth-order valence-corrected chi connectivity index (χ4v) is 3.05. The molecule has 0 bridgehead atoms. The Balaban J connectivity index is 1.78. The van der Waals surface area contributed by atoms with E-state index in [9.17, 15) is 9.50 Å². The summed E-state index contributed by atoms with van der Waals surface area (Å²) < 4.78 is 12.9. The third-order valence-electron chi connectivity index (χ3n) is 3.24. The van der Waals surface area contributed by atoms with Gasteiger partial charge < -0.3 is 5.11 Å². The van der Waals surface area contributed by atoms with E-state index in [0.29, 0.717) is 5.75 Å². The summed E-state index contributed by atoms with van der Waals surface area (Å²) in [5.74, 6) is 0.250. The molecule has 0 aliphatic rings. The van der Waals surface area contributed by atoms with Crippen LogP contribution in [0.1, 0.15) is 11.7 Å². The number of benzene rings is 2. The number of halogens is 1. The summed E-state index contributed by atoms with van der Waals surface area (Å²) in [4.78, 5) is 5.28. The molecule has 0 spiro atoms. The van der Waals surface area contributed by atoms with Gasteiger partial charge in [-0.2, -0.15) is 0 Å². The zero-order chi connectivity index (χ0) is 14.7. The number of aliphatic hydroxyl groups excluding tert-OH is 1. The molecule has 0 radical (unpaired) electrons. The van der Waals surface area contributed by atoms with Gasteiger partial charge in [0.05, 0.1) is 11.6 Å². The topological polar surface area (TPSA) is 33.1 Å². The van der Waals surface area contributed by atoms with Crippen molar-refractivity contribution < 1.29 is 9.50 Å². The SMILES string of the molecule is OC(CSc1ccc(F)cc1)c1cccc2cccnc12. The van der Waals surface area contributed by atoms with E-state index in [1.54, 1.807) is 18.3 Å². The van der Waals surface area contributed by atoms with Gasteiger partial charge >= 0.3 is 0 Å². The van der Waals surface area contributed by atoms with Crippen LogP contribution < -0.4 is 0 Å². The second-order valence-electron chi connectivity index (χ2n) is 4.70. The summed E-state index contributed by atoms with van der Waals surface area (Å²) in [7, 11) is 0. The van der Waals surface area contributed by atoms with E-state index in [-0.39, 0.29) is 5.82 Å². The maximum atomic E-state index is 12.9. The van der Waals surface area contributed by atoms with Crippen LogP contribution in [-0.4, -0.2) is 15.8 Å². The Hall–Kier alpha value is -1.91. The molecule has 0 fully saturated rings. The average molecular weight is 299 g/mol. The van der Waals surface area contributed by atoms with Gasteiger partial charge in [-0.25, -0.2) is 4.39 Å². The Morgan fingerprint density at radius 1 is 1.05 bits per heavy atom. The highest BCUT2D eigenvalue weighted by molar-refractivity contribution is 7.99. The van der Waals surface area contributed by atoms with Crippen LogP contribution in [0.3, 0.4) is 0 Å². The molecule has 2 aromatic carbocycles. The molecule has 0 saturated carbocycles. The van der Waals surface area contributed by atoms with Crippen molar-refractivity contribution in [3.05, 3.63) is 72.2 Å². The van der Waals surface area contributed by atoms with Crippen molar-refractivity contribution in [2.24, 2.45) is 0 Å². The van der Waals surface area contributed by atoms with Crippen LogP contribution in [0.5, 0.6) is 0 Å². The van der Waals surface area contributed by atoms with Crippen molar-refractivity contribution in [3.63, 3.8) is 0 Å². The molecular formula is C17H14FNOS. The van der Waals surface area contributed by atoms with Crippen molar-refractivity contribution in [1.29, 1.82) is 0 Å². The predicted octanol–water partition coefficient (Wildman–Crippen LogP) is 4.20. The molecule has 0 aliphatic carbocycles. The zero-order valence-electron chi connectivity index (χ0n) is 11.2. The summed E-state index contributed by atoms with van der Waals surface area (Å²) in [6, 6.07) is 15.9. The Morgan fingerprint density at radius 2 is 1.81 bits per heavy atom. The number of hydrogen-bond donors (Lipinski definition) is 1. The highest BCUT2D eigenvalue weighted by atomic mass is 32.2. The van der Waals surface area contributed by atoms with Gasteiger partial charge in [-0.05, 0) is 30.3 Å². The fourth-order valence-electron chi connectivity index (χ4n) is 2.19. The molecule has 1 atom stereocenters. The highest BCUT2D eigenvalue weighted by Gasteiger charge is 2.12. The van der Waals surface area contributed by atoms with Gasteiger partial charge in [-0.3, -0.25) is 4.98 Å². The monoisotopic (exact) mass is 299 g/mol. The van der Waals surface area contributed by atoms with Crippen molar-refractivity contribution >= 4 is 22.7 Å². The van der Waals surface area contributed by atoms with E-state index in [1.807, 2.05) is 30.3 Å². The zero-order valence-corrected chi connectivity index (χ0v) is 12.1. The Bertz CT molecular complexity index is 740. The molecule has 2 nitrogen and oxygen atoms in total. The lowest BCUT2D eigenvalue weighted by atomic mass is 10.1. The second-order valence-corrected chi connectivity index (χ2v) is 5.80. The van der Waals surface area contributed by atoms with Gasteiger partial charge in [0.25, 0.3) is 0 Å². The maximum absolute atomic E-state index is 12.9. The minimum Gasteiger partial charge on any atom is -0.387 e. The first-order valence-corrected chi connectivity index (χ1v) is 7.63. The first-order chi connectivity index (χ1) is 10.2. The number of nitrogens with zero attached hydrogens (tertiary/aromatic N) is 1. The van der Waals surface area contributed by atoms with Gasteiger partial charge in [0.1, 0.15) is 5.82 Å². The second kappa shape index (κ2) is 6.24. The largest absolute Gasteiger partial charge is 0.387 e. The third-order valence-corrected chi connectivity index (χ3v) is 4.33. The lowest BCUT2D eigenvalue weighted by molar-refractivity contribution is 0.205. The number of hydrogen-bond acceptors (Lipinski definition) is 3. The minimum absolute atomic E-state index is 0.252. The maximum Gasteiger partial charge on any atom is 0.123 e. The number of aliphatic hydroxyl groups is 1. The first-order valence-electron chi connectivity index (χ1n) is 6.64. The van der Waals surface area contributed by atoms with Crippen molar-refractivity contribution in [1.82, 2.24) is 4.98 Å². The number of thioether (sulfide) groups is 1. The number of pyridine rings is 1. The Labute approximate surface area is 126 Å². The van der Waals surface area contributed by atoms with Gasteiger partial charge in [-0.15, -0.1) is 11.8 Å². The molecule has 3 aromatic rings. The molecule has 1 heterocycles. The van der Waals surface area contributed by atoms with Gasteiger partial charge in [0, 0.05) is 27.8 Å². The molecule has 3 rings (SSSR count). The number of fused-ring (bicyclic) bond motifs is 1. The van der Waals surface area contributed by atoms with Gasteiger partial charge in [-0.1, -0.05) is 24.3 Å². The van der Waals surface area contributed by atoms with Crippen LogP contribution in [-0.2, 0) is 0 Å². The van der Waals surface area contributed by atoms with Crippen molar-refractivity contribution in [2.75, 3.05) is 5.75 Å². The van der Waals surface area contributed by atoms with Crippen molar-refractivity contribution in [3.8, 4) is 0 Å². The van der Waals surface area contributed by atoms with Crippen LogP contribution in [0.15, 0.2) is 65.7 Å². The molecule has 1 N–H and O–H groups in total. The molecule has 106 valence electrons. The van der Waals surface area contributed by atoms with E-state index in [1.165, 1.54) is 23.9 Å². The standard InChI is InChI=1S/C17H14FNOS/c18-13-6-8-14(9-7-13)21-11-16(20)15-5-1-3-12-4-2-10-19-17(12)15/h1-10,16,20H,11H2. The summed E-state index contributed by atoms with van der Waals surface area (Å²) in [6.45, 7) is 0. The molecule has 0 amide bonds. The minimum atomic E-state index is -0.612. The van der Waals surface area contributed by atoms with E-state index in [2.05, 4.69) is 4.98 Å². The van der Waals surface area contributed by atoms with Crippen LogP contribution in [0.4, 0.5) is 4.39 Å². The molecule has 0 aliphatic heterocycles. The van der Waals surface area contributed by atoms with Crippen LogP contribution in [0.2, 0.25) is 0 Å². The lowest BCUT2D eigenvalue weighted by Crippen LogP contribution is -2.02. The fraction of sp³-hybridized carbons (Fsp3) is 0.118. The van der Waals surface area contributed by atoms with E-state index in [0.717, 1.165) is 21.4 Å². The molecular weight excluding hydrogens is 285 g/mol. The lowest BCUT2D eigenvalue weighted by Gasteiger charge is -2.12. The molecule has 1 unspecified atom stereocenters. The first kappa shape index (κ1) is 14.0. The normalized spacial score (nSPS) is 12.5. The van der Waals surface area contributed by atoms with E-state index < -0.39 is 6.10 Å². The summed E-state index contributed by atoms with van der Waals surface area (Å²) in [5, 5.41) is 11.4. The molecule has 4 heteroatoms. The number of aromatic nitrogens is 1. The van der Waals surface area contributed by atoms with Crippen LogP contribution >= 0.6 is 11.8 Å². The van der Waals surface area contributed by atoms with Crippen LogP contribution in [0, 0.1) is 5.82 Å². The summed E-state index contributed by atoms with van der Waals surface area (Å²) in [5.41, 5.74) is 1.65. The third kappa shape index (κ3) is 3.23. The number of para-hydroxylation sites is 1. The van der Waals surface area contributed by atoms with E-state index >= 15 is 0 Å².